The van der Waals surface area contributed by atoms with Gasteiger partial charge in [0, 0.05) is 5.56 Å². The number of hydrogen-bond acceptors (Lipinski definition) is 4. The van der Waals surface area contributed by atoms with Gasteiger partial charge < -0.3 is 15.3 Å². The molecular formula is C12H13NO4. The van der Waals surface area contributed by atoms with E-state index in [9.17, 15) is 15.0 Å². The van der Waals surface area contributed by atoms with Crippen LogP contribution >= 0.6 is 0 Å². The van der Waals surface area contributed by atoms with Crippen LogP contribution in [-0.4, -0.2) is 27.4 Å². The Morgan fingerprint density at radius 2 is 2.12 bits per heavy atom. The first-order valence-corrected chi connectivity index (χ1v) is 5.04. The van der Waals surface area contributed by atoms with Gasteiger partial charge in [0.05, 0.1) is 24.2 Å². The first-order chi connectivity index (χ1) is 7.95. The normalized spacial score (nSPS) is 13.8. The number of carbonyl (C=O) groups is 1. The molecule has 0 aliphatic carbocycles. The summed E-state index contributed by atoms with van der Waals surface area (Å²) in [6.07, 6.45) is -3.37. The summed E-state index contributed by atoms with van der Waals surface area (Å²) in [4.78, 5) is 10.4. The summed E-state index contributed by atoms with van der Waals surface area (Å²) in [6.45, 7) is 1.80. The Kier molecular flexibility index (Phi) is 4.21. The van der Waals surface area contributed by atoms with Crippen LogP contribution in [0.15, 0.2) is 18.2 Å². The molecule has 0 aliphatic rings. The molecule has 90 valence electrons. The highest BCUT2D eigenvalue weighted by molar-refractivity contribution is 5.67. The fraction of sp³-hybridized carbons (Fsp3) is 0.333. The summed E-state index contributed by atoms with van der Waals surface area (Å²) in [5, 5.41) is 36.7. The summed E-state index contributed by atoms with van der Waals surface area (Å²) < 4.78 is 0. The van der Waals surface area contributed by atoms with Gasteiger partial charge in [0.2, 0.25) is 0 Å². The van der Waals surface area contributed by atoms with E-state index in [1.54, 1.807) is 19.1 Å². The molecule has 0 amide bonds. The number of aryl methyl sites for hydroxylation is 1. The second-order valence-corrected chi connectivity index (χ2v) is 3.81. The fourth-order valence-electron chi connectivity index (χ4n) is 1.52. The zero-order valence-electron chi connectivity index (χ0n) is 9.29. The Balaban J connectivity index is 3.00. The number of nitriles is 1. The van der Waals surface area contributed by atoms with E-state index in [0.717, 1.165) is 5.56 Å². The number of nitrogens with zero attached hydrogens (tertiary/aromatic N) is 1. The van der Waals surface area contributed by atoms with E-state index in [1.165, 1.54) is 6.07 Å². The third kappa shape index (κ3) is 3.28. The molecule has 0 saturated carbocycles. The van der Waals surface area contributed by atoms with Crippen LogP contribution in [0.5, 0.6) is 0 Å². The van der Waals surface area contributed by atoms with Crippen LogP contribution in [0.3, 0.4) is 0 Å². The molecule has 5 heteroatoms. The van der Waals surface area contributed by atoms with Crippen molar-refractivity contribution in [1.29, 1.82) is 5.26 Å². The maximum Gasteiger partial charge on any atom is 0.306 e. The van der Waals surface area contributed by atoms with Crippen molar-refractivity contribution in [2.24, 2.45) is 0 Å². The molecule has 0 aliphatic heterocycles. The molecule has 1 aromatic carbocycles. The average Bonchev–Trinajstić information content (AvgIpc) is 2.27. The summed E-state index contributed by atoms with van der Waals surface area (Å²) in [6, 6.07) is 6.69. The zero-order chi connectivity index (χ0) is 13.0. The van der Waals surface area contributed by atoms with Gasteiger partial charge in [0.15, 0.2) is 0 Å². The predicted octanol–water partition coefficient (Wildman–Crippen LogP) is 0.736. The number of benzene rings is 1. The standard InChI is InChI=1S/C12H13NO4/c1-7-2-3-9(8(4-7)6-13)12(17)10(14)5-11(15)16/h2-4,10,12,14,17H,5H2,1H3,(H,15,16). The minimum absolute atomic E-state index is 0.238. The Labute approximate surface area is 98.6 Å². The van der Waals surface area contributed by atoms with Crippen molar-refractivity contribution >= 4 is 5.97 Å². The number of hydrogen-bond donors (Lipinski definition) is 3. The molecule has 0 aromatic heterocycles. The summed E-state index contributed by atoms with van der Waals surface area (Å²) >= 11 is 0. The third-order valence-corrected chi connectivity index (χ3v) is 2.40. The largest absolute Gasteiger partial charge is 0.481 e. The van der Waals surface area contributed by atoms with E-state index in [2.05, 4.69) is 0 Å². The number of carboxylic acids is 1. The molecule has 2 atom stereocenters. The van der Waals surface area contributed by atoms with E-state index >= 15 is 0 Å². The molecule has 0 saturated heterocycles. The highest BCUT2D eigenvalue weighted by Crippen LogP contribution is 2.23. The molecule has 1 rings (SSSR count). The Morgan fingerprint density at radius 1 is 1.47 bits per heavy atom. The Morgan fingerprint density at radius 3 is 2.65 bits per heavy atom. The summed E-state index contributed by atoms with van der Waals surface area (Å²) in [5.74, 6) is -1.21. The molecule has 0 heterocycles. The van der Waals surface area contributed by atoms with Crippen molar-refractivity contribution < 1.29 is 20.1 Å². The monoisotopic (exact) mass is 235 g/mol. The number of carboxylic acid groups (broad SMARTS) is 1. The van der Waals surface area contributed by atoms with Gasteiger partial charge in [-0.05, 0) is 18.6 Å². The van der Waals surface area contributed by atoms with E-state index in [-0.39, 0.29) is 11.1 Å². The van der Waals surface area contributed by atoms with Gasteiger partial charge in [-0.2, -0.15) is 5.26 Å². The minimum atomic E-state index is -1.43. The summed E-state index contributed by atoms with van der Waals surface area (Å²) in [7, 11) is 0. The van der Waals surface area contributed by atoms with Crippen molar-refractivity contribution in [2.45, 2.75) is 25.6 Å². The first-order valence-electron chi connectivity index (χ1n) is 5.04. The van der Waals surface area contributed by atoms with Crippen molar-refractivity contribution in [2.75, 3.05) is 0 Å². The first kappa shape index (κ1) is 13.2. The lowest BCUT2D eigenvalue weighted by molar-refractivity contribution is -0.141. The van der Waals surface area contributed by atoms with Crippen LogP contribution in [0.1, 0.15) is 29.2 Å². The van der Waals surface area contributed by atoms with Crippen LogP contribution in [0, 0.1) is 18.3 Å². The zero-order valence-corrected chi connectivity index (χ0v) is 9.29. The second kappa shape index (κ2) is 5.43. The van der Waals surface area contributed by atoms with E-state index in [1.807, 2.05) is 6.07 Å². The van der Waals surface area contributed by atoms with Gasteiger partial charge in [-0.25, -0.2) is 0 Å². The van der Waals surface area contributed by atoms with Gasteiger partial charge >= 0.3 is 5.97 Å². The number of rotatable bonds is 4. The van der Waals surface area contributed by atoms with Gasteiger partial charge in [0.1, 0.15) is 6.10 Å². The maximum absolute atomic E-state index is 10.4. The molecule has 0 fully saturated rings. The number of aliphatic hydroxyl groups is 2. The molecule has 0 radical (unpaired) electrons. The molecule has 2 unspecified atom stereocenters. The smallest absolute Gasteiger partial charge is 0.306 e. The lowest BCUT2D eigenvalue weighted by Crippen LogP contribution is -2.22. The summed E-state index contributed by atoms with van der Waals surface area (Å²) in [5.41, 5.74) is 1.33. The van der Waals surface area contributed by atoms with E-state index in [0.29, 0.717) is 0 Å². The highest BCUT2D eigenvalue weighted by Gasteiger charge is 2.23. The average molecular weight is 235 g/mol. The molecule has 1 aromatic rings. The van der Waals surface area contributed by atoms with Crippen molar-refractivity contribution in [3.8, 4) is 6.07 Å². The van der Waals surface area contributed by atoms with Crippen molar-refractivity contribution in [3.05, 3.63) is 34.9 Å². The molecule has 5 nitrogen and oxygen atoms in total. The lowest BCUT2D eigenvalue weighted by Gasteiger charge is -2.17. The Bertz CT molecular complexity index is 464. The van der Waals surface area contributed by atoms with Gasteiger partial charge in [0.25, 0.3) is 0 Å². The molecule has 17 heavy (non-hydrogen) atoms. The highest BCUT2D eigenvalue weighted by atomic mass is 16.4. The van der Waals surface area contributed by atoms with Crippen LogP contribution < -0.4 is 0 Å². The van der Waals surface area contributed by atoms with Crippen LogP contribution in [0.4, 0.5) is 0 Å². The van der Waals surface area contributed by atoms with Crippen molar-refractivity contribution in [1.82, 2.24) is 0 Å². The second-order valence-electron chi connectivity index (χ2n) is 3.81. The quantitative estimate of drug-likeness (QED) is 0.714. The van der Waals surface area contributed by atoms with Crippen LogP contribution in [0.25, 0.3) is 0 Å². The lowest BCUT2D eigenvalue weighted by atomic mass is 9.96. The van der Waals surface area contributed by atoms with Crippen LogP contribution in [0.2, 0.25) is 0 Å². The molecular weight excluding hydrogens is 222 g/mol. The van der Waals surface area contributed by atoms with Gasteiger partial charge in [-0.3, -0.25) is 4.79 Å². The molecule has 0 spiro atoms. The Hall–Kier alpha value is -1.90. The topological polar surface area (TPSA) is 102 Å². The van der Waals surface area contributed by atoms with Gasteiger partial charge in [-0.1, -0.05) is 12.1 Å². The van der Waals surface area contributed by atoms with E-state index in [4.69, 9.17) is 10.4 Å². The fourth-order valence-corrected chi connectivity index (χ4v) is 1.52. The van der Waals surface area contributed by atoms with E-state index < -0.39 is 24.6 Å². The molecule has 3 N–H and O–H groups in total. The number of aliphatic hydroxyl groups excluding tert-OH is 2. The third-order valence-electron chi connectivity index (χ3n) is 2.40. The maximum atomic E-state index is 10.4. The van der Waals surface area contributed by atoms with Gasteiger partial charge in [-0.15, -0.1) is 0 Å². The number of aliphatic carboxylic acids is 1. The van der Waals surface area contributed by atoms with Crippen LogP contribution in [-0.2, 0) is 4.79 Å². The minimum Gasteiger partial charge on any atom is -0.481 e. The molecule has 0 bridgehead atoms. The van der Waals surface area contributed by atoms with Crippen molar-refractivity contribution in [3.63, 3.8) is 0 Å². The predicted molar refractivity (Wildman–Crippen MR) is 59.1 cm³/mol. The SMILES string of the molecule is Cc1ccc(C(O)C(O)CC(=O)O)c(C#N)c1.